The predicted octanol–water partition coefficient (Wildman–Crippen LogP) is 4.19. The Bertz CT molecular complexity index is 367. The van der Waals surface area contributed by atoms with Crippen LogP contribution in [0, 0.1) is 0 Å². The van der Waals surface area contributed by atoms with Gasteiger partial charge in [0.25, 0.3) is 0 Å². The molecular formula is C14H17Zr. The number of hydrogen-bond acceptors (Lipinski definition) is 0. The molecule has 0 radical (unpaired) electrons. The summed E-state index contributed by atoms with van der Waals surface area (Å²) >= 11 is 1.61. The molecule has 0 fully saturated rings. The van der Waals surface area contributed by atoms with Crippen LogP contribution in [0.25, 0.3) is 0 Å². The van der Waals surface area contributed by atoms with Crippen molar-refractivity contribution in [3.8, 4) is 0 Å². The van der Waals surface area contributed by atoms with Crippen LogP contribution in [0.3, 0.4) is 0 Å². The molecule has 0 unspecified atom stereocenters. The molecule has 0 amide bonds. The first-order valence-electron chi connectivity index (χ1n) is 5.83. The molecule has 0 aliphatic heterocycles. The van der Waals surface area contributed by atoms with E-state index >= 15 is 0 Å². The molecule has 0 aromatic rings. The molecule has 0 heterocycles. The Labute approximate surface area is 108 Å². The molecular weight excluding hydrogens is 259 g/mol. The van der Waals surface area contributed by atoms with Crippen LogP contribution in [0.4, 0.5) is 0 Å². The number of rotatable bonds is 4. The van der Waals surface area contributed by atoms with Gasteiger partial charge < -0.3 is 0 Å². The Balaban J connectivity index is 2.12. The number of unbranched alkanes of at least 4 members (excludes halogenated alkanes) is 1. The minimum atomic E-state index is 1.14. The zero-order chi connectivity index (χ0) is 10.7. The topological polar surface area (TPSA) is 0 Å². The van der Waals surface area contributed by atoms with E-state index in [1.807, 2.05) is 0 Å². The summed E-state index contributed by atoms with van der Waals surface area (Å²) in [5.74, 6) is 0. The van der Waals surface area contributed by atoms with Crippen LogP contribution >= 0.6 is 0 Å². The van der Waals surface area contributed by atoms with Crippen LogP contribution in [0.2, 0.25) is 0 Å². The van der Waals surface area contributed by atoms with E-state index in [0.717, 1.165) is 6.42 Å². The van der Waals surface area contributed by atoms with Gasteiger partial charge in [-0.2, -0.15) is 0 Å². The van der Waals surface area contributed by atoms with Gasteiger partial charge in [0.15, 0.2) is 0 Å². The van der Waals surface area contributed by atoms with Crippen LogP contribution in [0.15, 0.2) is 44.3 Å². The predicted molar refractivity (Wildman–Crippen MR) is 61.1 cm³/mol. The SMILES string of the molecule is CCCCC1=[C]([Zr])CC=C1C1=CC=CC1. The molecule has 15 heavy (non-hydrogen) atoms. The van der Waals surface area contributed by atoms with Crippen molar-refractivity contribution in [1.82, 2.24) is 0 Å². The van der Waals surface area contributed by atoms with Gasteiger partial charge in [-0.3, -0.25) is 0 Å². The van der Waals surface area contributed by atoms with E-state index in [0.29, 0.717) is 0 Å². The fourth-order valence-corrected chi connectivity index (χ4v) is 3.11. The minimum absolute atomic E-state index is 1.14. The van der Waals surface area contributed by atoms with E-state index < -0.39 is 0 Å². The van der Waals surface area contributed by atoms with E-state index in [2.05, 4.69) is 31.2 Å². The Morgan fingerprint density at radius 3 is 2.87 bits per heavy atom. The molecule has 2 rings (SSSR count). The van der Waals surface area contributed by atoms with Gasteiger partial charge in [0.1, 0.15) is 0 Å². The average Bonchev–Trinajstić information content (AvgIpc) is 2.84. The summed E-state index contributed by atoms with van der Waals surface area (Å²) in [7, 11) is 0. The average molecular weight is 277 g/mol. The van der Waals surface area contributed by atoms with Crippen LogP contribution in [0.5, 0.6) is 0 Å². The maximum absolute atomic E-state index is 2.44. The molecule has 0 spiro atoms. The Kier molecular flexibility index (Phi) is 3.97. The van der Waals surface area contributed by atoms with Gasteiger partial charge in [-0.25, -0.2) is 0 Å². The summed E-state index contributed by atoms with van der Waals surface area (Å²) in [6.45, 7) is 2.28. The van der Waals surface area contributed by atoms with Gasteiger partial charge in [0.05, 0.1) is 0 Å². The summed E-state index contributed by atoms with van der Waals surface area (Å²) in [6, 6.07) is 0. The molecule has 0 saturated heterocycles. The third-order valence-electron chi connectivity index (χ3n) is 3.10. The van der Waals surface area contributed by atoms with E-state index in [9.17, 15) is 0 Å². The molecule has 0 nitrogen and oxygen atoms in total. The standard InChI is InChI=1S/C14H17.Zr/c1-2-3-7-12-10-6-11-14(12)13-8-4-5-9-13;/h4-5,8,11H,2-3,6-7,9H2,1H3;. The summed E-state index contributed by atoms with van der Waals surface area (Å²) < 4.78 is 1.68. The normalized spacial score (nSPS) is 19.7. The molecule has 0 N–H and O–H groups in total. The van der Waals surface area contributed by atoms with Crippen molar-refractivity contribution < 1.29 is 24.7 Å². The van der Waals surface area contributed by atoms with E-state index in [-0.39, 0.29) is 0 Å². The molecule has 0 bridgehead atoms. The Morgan fingerprint density at radius 1 is 1.33 bits per heavy atom. The second-order valence-electron chi connectivity index (χ2n) is 4.21. The van der Waals surface area contributed by atoms with Crippen molar-refractivity contribution in [2.45, 2.75) is 39.0 Å². The Hall–Kier alpha value is -0.157. The third-order valence-corrected chi connectivity index (χ3v) is 4.34. The van der Waals surface area contributed by atoms with Gasteiger partial charge >= 0.3 is 108 Å². The van der Waals surface area contributed by atoms with Gasteiger partial charge in [-0.15, -0.1) is 0 Å². The fourth-order valence-electron chi connectivity index (χ4n) is 2.22. The first-order valence-corrected chi connectivity index (χ1v) is 7.06. The third kappa shape index (κ3) is 2.50. The summed E-state index contributed by atoms with van der Waals surface area (Å²) in [4.78, 5) is 0. The molecule has 1 heteroatoms. The van der Waals surface area contributed by atoms with Crippen molar-refractivity contribution >= 4 is 0 Å². The maximum atomic E-state index is 2.44. The van der Waals surface area contributed by atoms with Crippen LogP contribution in [-0.4, -0.2) is 0 Å². The quantitative estimate of drug-likeness (QED) is 0.722. The van der Waals surface area contributed by atoms with Gasteiger partial charge in [-0.1, -0.05) is 0 Å². The summed E-state index contributed by atoms with van der Waals surface area (Å²) in [5.41, 5.74) is 4.78. The molecule has 2 aliphatic carbocycles. The zero-order valence-corrected chi connectivity index (χ0v) is 11.8. The van der Waals surface area contributed by atoms with Crippen LogP contribution in [-0.2, 0) is 24.7 Å². The summed E-state index contributed by atoms with van der Waals surface area (Å²) in [5, 5.41) is 0. The van der Waals surface area contributed by atoms with Crippen molar-refractivity contribution in [2.75, 3.05) is 0 Å². The van der Waals surface area contributed by atoms with Crippen molar-refractivity contribution in [3.63, 3.8) is 0 Å². The molecule has 0 aromatic carbocycles. The van der Waals surface area contributed by atoms with Crippen molar-refractivity contribution in [2.24, 2.45) is 0 Å². The first kappa shape index (κ1) is 11.3. The van der Waals surface area contributed by atoms with E-state index in [1.165, 1.54) is 25.7 Å². The monoisotopic (exact) mass is 275 g/mol. The van der Waals surface area contributed by atoms with Gasteiger partial charge in [0, 0.05) is 0 Å². The van der Waals surface area contributed by atoms with Crippen LogP contribution in [0.1, 0.15) is 39.0 Å². The molecule has 2 aliphatic rings. The fraction of sp³-hybridized carbons (Fsp3) is 0.429. The number of allylic oxidation sites excluding steroid dienone is 8. The van der Waals surface area contributed by atoms with E-state index in [1.54, 1.807) is 44.7 Å². The second-order valence-corrected chi connectivity index (χ2v) is 5.69. The van der Waals surface area contributed by atoms with E-state index in [4.69, 9.17) is 0 Å². The Morgan fingerprint density at radius 2 is 2.20 bits per heavy atom. The van der Waals surface area contributed by atoms with Crippen molar-refractivity contribution in [3.05, 3.63) is 44.3 Å². The molecule has 0 atom stereocenters. The molecule has 77 valence electrons. The summed E-state index contributed by atoms with van der Waals surface area (Å²) in [6.07, 6.45) is 15.5. The second kappa shape index (κ2) is 5.26. The zero-order valence-electron chi connectivity index (χ0n) is 9.34. The first-order chi connectivity index (χ1) is 7.33. The molecule has 0 aromatic heterocycles. The molecule has 0 saturated carbocycles. The van der Waals surface area contributed by atoms with Crippen molar-refractivity contribution in [1.29, 1.82) is 0 Å². The van der Waals surface area contributed by atoms with Crippen LogP contribution < -0.4 is 0 Å². The number of hydrogen-bond donors (Lipinski definition) is 0. The van der Waals surface area contributed by atoms with Gasteiger partial charge in [0.2, 0.25) is 0 Å². The van der Waals surface area contributed by atoms with Gasteiger partial charge in [-0.05, 0) is 0 Å².